The predicted octanol–water partition coefficient (Wildman–Crippen LogP) is 0.686. The average molecular weight is 175 g/mol. The number of carbonyl (C=O) groups is 1. The zero-order valence-electron chi connectivity index (χ0n) is 6.38. The van der Waals surface area contributed by atoms with Gasteiger partial charge < -0.3 is 10.8 Å². The van der Waals surface area contributed by atoms with Crippen molar-refractivity contribution in [3.8, 4) is 0 Å². The highest BCUT2D eigenvalue weighted by Crippen LogP contribution is 2.29. The summed E-state index contributed by atoms with van der Waals surface area (Å²) in [5, 5.41) is 8.43. The summed E-state index contributed by atoms with van der Waals surface area (Å²) in [6, 6.07) is 0. The smallest absolute Gasteiger partial charge is 0.303 e. The van der Waals surface area contributed by atoms with Crippen molar-refractivity contribution in [3.05, 3.63) is 0 Å². The fourth-order valence-corrected chi connectivity index (χ4v) is 2.57. The molecule has 0 aromatic heterocycles. The third kappa shape index (κ3) is 2.71. The summed E-state index contributed by atoms with van der Waals surface area (Å²) in [6.45, 7) is 0. The number of hydrogen-bond donors (Lipinski definition) is 2. The molecule has 1 aliphatic rings. The number of rotatable bonds is 3. The molecule has 0 aromatic carbocycles. The summed E-state index contributed by atoms with van der Waals surface area (Å²) >= 11 is 1.81. The van der Waals surface area contributed by atoms with Crippen LogP contribution in [0.4, 0.5) is 0 Å². The fraction of sp³-hybridized carbons (Fsp3) is 0.857. The standard InChI is InChI=1S/C7H13NO2S/c8-7(2-1-6(9)10)3-4-11-5-7/h1-5,8H2,(H,9,10). The van der Waals surface area contributed by atoms with E-state index in [9.17, 15) is 4.79 Å². The van der Waals surface area contributed by atoms with Gasteiger partial charge >= 0.3 is 5.97 Å². The van der Waals surface area contributed by atoms with Gasteiger partial charge in [-0.3, -0.25) is 4.79 Å². The molecule has 1 unspecified atom stereocenters. The molecular weight excluding hydrogens is 162 g/mol. The number of carboxylic acid groups (broad SMARTS) is 1. The van der Waals surface area contributed by atoms with Crippen molar-refractivity contribution in [1.82, 2.24) is 0 Å². The van der Waals surface area contributed by atoms with Gasteiger partial charge in [-0.1, -0.05) is 0 Å². The van der Waals surface area contributed by atoms with Crippen molar-refractivity contribution in [2.24, 2.45) is 5.73 Å². The summed E-state index contributed by atoms with van der Waals surface area (Å²) < 4.78 is 0. The maximum absolute atomic E-state index is 10.2. The van der Waals surface area contributed by atoms with E-state index >= 15 is 0 Å². The Labute approximate surface area is 70.3 Å². The second-order valence-electron chi connectivity index (χ2n) is 3.06. The Kier molecular flexibility index (Phi) is 2.78. The maximum Gasteiger partial charge on any atom is 0.303 e. The highest BCUT2D eigenvalue weighted by atomic mass is 32.2. The van der Waals surface area contributed by atoms with E-state index in [4.69, 9.17) is 10.8 Å². The van der Waals surface area contributed by atoms with Gasteiger partial charge in [-0.15, -0.1) is 0 Å². The number of nitrogens with two attached hydrogens (primary N) is 1. The minimum Gasteiger partial charge on any atom is -0.481 e. The molecule has 0 radical (unpaired) electrons. The summed E-state index contributed by atoms with van der Waals surface area (Å²) in [5.74, 6) is 1.25. The first-order chi connectivity index (χ1) is 5.12. The van der Waals surface area contributed by atoms with Crippen molar-refractivity contribution in [1.29, 1.82) is 0 Å². The normalized spacial score (nSPS) is 30.6. The number of aliphatic carboxylic acids is 1. The molecule has 11 heavy (non-hydrogen) atoms. The van der Waals surface area contributed by atoms with Gasteiger partial charge in [0, 0.05) is 17.7 Å². The van der Waals surface area contributed by atoms with Crippen LogP contribution in [0.5, 0.6) is 0 Å². The van der Waals surface area contributed by atoms with Gasteiger partial charge in [-0.25, -0.2) is 0 Å². The lowest BCUT2D eigenvalue weighted by Crippen LogP contribution is -2.39. The van der Waals surface area contributed by atoms with Crippen molar-refractivity contribution in [3.63, 3.8) is 0 Å². The molecule has 3 N–H and O–H groups in total. The van der Waals surface area contributed by atoms with E-state index in [1.807, 2.05) is 11.8 Å². The Balaban J connectivity index is 2.28. The Morgan fingerprint density at radius 1 is 1.73 bits per heavy atom. The first kappa shape index (κ1) is 8.87. The molecule has 0 spiro atoms. The third-order valence-electron chi connectivity index (χ3n) is 1.97. The number of thioether (sulfide) groups is 1. The molecule has 3 nitrogen and oxygen atoms in total. The molecule has 0 bridgehead atoms. The molecule has 0 aliphatic carbocycles. The van der Waals surface area contributed by atoms with Gasteiger partial charge in [0.1, 0.15) is 0 Å². The van der Waals surface area contributed by atoms with Crippen LogP contribution in [0.25, 0.3) is 0 Å². The zero-order chi connectivity index (χ0) is 8.32. The van der Waals surface area contributed by atoms with E-state index in [0.717, 1.165) is 17.9 Å². The summed E-state index contributed by atoms with van der Waals surface area (Å²) in [6.07, 6.45) is 1.79. The monoisotopic (exact) mass is 175 g/mol. The van der Waals surface area contributed by atoms with Crippen molar-refractivity contribution in [2.75, 3.05) is 11.5 Å². The lowest BCUT2D eigenvalue weighted by molar-refractivity contribution is -0.137. The second-order valence-corrected chi connectivity index (χ2v) is 4.16. The molecular formula is C7H13NO2S. The Morgan fingerprint density at radius 2 is 2.45 bits per heavy atom. The third-order valence-corrected chi connectivity index (χ3v) is 3.24. The molecule has 1 heterocycles. The molecule has 1 aliphatic heterocycles. The lowest BCUT2D eigenvalue weighted by atomic mass is 9.94. The van der Waals surface area contributed by atoms with Crippen LogP contribution >= 0.6 is 11.8 Å². The van der Waals surface area contributed by atoms with E-state index < -0.39 is 5.97 Å². The van der Waals surface area contributed by atoms with Gasteiger partial charge in [-0.05, 0) is 18.6 Å². The molecule has 4 heteroatoms. The van der Waals surface area contributed by atoms with Crippen LogP contribution in [-0.4, -0.2) is 28.1 Å². The largest absolute Gasteiger partial charge is 0.481 e. The Hall–Kier alpha value is -0.220. The zero-order valence-corrected chi connectivity index (χ0v) is 7.19. The SMILES string of the molecule is NC1(CCC(=O)O)CCSC1. The van der Waals surface area contributed by atoms with Gasteiger partial charge in [0.2, 0.25) is 0 Å². The topological polar surface area (TPSA) is 63.3 Å². The van der Waals surface area contributed by atoms with Crippen LogP contribution in [-0.2, 0) is 4.79 Å². The molecule has 64 valence electrons. The van der Waals surface area contributed by atoms with Crippen LogP contribution in [0.3, 0.4) is 0 Å². The minimum absolute atomic E-state index is 0.191. The molecule has 0 saturated carbocycles. The summed E-state index contributed by atoms with van der Waals surface area (Å²) in [7, 11) is 0. The van der Waals surface area contributed by atoms with Crippen LogP contribution in [0.2, 0.25) is 0 Å². The number of hydrogen-bond acceptors (Lipinski definition) is 3. The highest BCUT2D eigenvalue weighted by Gasteiger charge is 2.29. The van der Waals surface area contributed by atoms with Gasteiger partial charge in [0.15, 0.2) is 0 Å². The molecule has 0 amide bonds. The van der Waals surface area contributed by atoms with E-state index in [1.165, 1.54) is 0 Å². The quantitative estimate of drug-likeness (QED) is 0.662. The summed E-state index contributed by atoms with van der Waals surface area (Å²) in [5.41, 5.74) is 5.73. The number of carboxylic acids is 1. The summed E-state index contributed by atoms with van der Waals surface area (Å²) in [4.78, 5) is 10.2. The molecule has 1 fully saturated rings. The van der Waals surface area contributed by atoms with Crippen molar-refractivity contribution >= 4 is 17.7 Å². The molecule has 0 aromatic rings. The van der Waals surface area contributed by atoms with E-state index in [1.54, 1.807) is 0 Å². The molecule has 1 saturated heterocycles. The van der Waals surface area contributed by atoms with Gasteiger partial charge in [0.25, 0.3) is 0 Å². The van der Waals surface area contributed by atoms with Gasteiger partial charge in [-0.2, -0.15) is 11.8 Å². The minimum atomic E-state index is -0.744. The predicted molar refractivity (Wildman–Crippen MR) is 45.7 cm³/mol. The Bertz CT molecular complexity index is 155. The molecule has 1 rings (SSSR count). The lowest BCUT2D eigenvalue weighted by Gasteiger charge is -2.20. The van der Waals surface area contributed by atoms with E-state index in [-0.39, 0.29) is 12.0 Å². The van der Waals surface area contributed by atoms with E-state index in [2.05, 4.69) is 0 Å². The van der Waals surface area contributed by atoms with Crippen LogP contribution in [0.15, 0.2) is 0 Å². The second kappa shape index (κ2) is 3.45. The maximum atomic E-state index is 10.2. The van der Waals surface area contributed by atoms with Gasteiger partial charge in [0.05, 0.1) is 0 Å². The average Bonchev–Trinajstić information content (AvgIpc) is 2.33. The van der Waals surface area contributed by atoms with Crippen LogP contribution < -0.4 is 5.73 Å². The van der Waals surface area contributed by atoms with Crippen molar-refractivity contribution < 1.29 is 9.90 Å². The first-order valence-electron chi connectivity index (χ1n) is 3.71. The van der Waals surface area contributed by atoms with Crippen molar-refractivity contribution in [2.45, 2.75) is 24.8 Å². The van der Waals surface area contributed by atoms with Crippen LogP contribution in [0, 0.1) is 0 Å². The highest BCUT2D eigenvalue weighted by molar-refractivity contribution is 7.99. The fourth-order valence-electron chi connectivity index (χ4n) is 1.18. The first-order valence-corrected chi connectivity index (χ1v) is 4.86. The Morgan fingerprint density at radius 3 is 2.91 bits per heavy atom. The van der Waals surface area contributed by atoms with E-state index in [0.29, 0.717) is 6.42 Å². The molecule has 1 atom stereocenters. The van der Waals surface area contributed by atoms with Crippen LogP contribution in [0.1, 0.15) is 19.3 Å².